The molecule has 4 aromatic heterocycles. The Morgan fingerprint density at radius 2 is 1.80 bits per heavy atom. The van der Waals surface area contributed by atoms with Crippen LogP contribution in [0.3, 0.4) is 0 Å². The van der Waals surface area contributed by atoms with E-state index < -0.39 is 5.82 Å². The van der Waals surface area contributed by atoms with Crippen LogP contribution in [0.5, 0.6) is 0 Å². The summed E-state index contributed by atoms with van der Waals surface area (Å²) in [5, 5.41) is 1.83. The number of fused-ring (bicyclic) bond motifs is 1. The summed E-state index contributed by atoms with van der Waals surface area (Å²) in [6, 6.07) is 19.5. The molecule has 0 radical (unpaired) electrons. The second-order valence-electron chi connectivity index (χ2n) is 9.73. The summed E-state index contributed by atoms with van der Waals surface area (Å²) in [7, 11) is 0. The molecular formula is C30H29FN8S. The number of hydrogen-bond donors (Lipinski definition) is 2. The molecule has 0 bridgehead atoms. The molecule has 0 spiro atoms. The van der Waals surface area contributed by atoms with Gasteiger partial charge >= 0.3 is 0 Å². The Balaban J connectivity index is 1.33. The lowest BCUT2D eigenvalue weighted by Gasteiger charge is -2.32. The smallest absolute Gasteiger partial charge is 0.165 e. The highest BCUT2D eigenvalue weighted by Crippen LogP contribution is 2.31. The van der Waals surface area contributed by atoms with Gasteiger partial charge in [-0.05, 0) is 85.4 Å². The standard InChI is InChI=1S/C30H29FN8S/c1-2-40-37-22-13-16-38(17-14-22)19-20-5-8-23(9-6-20)39-29(24-4-3-15-33-28(24)32)36-27-12-11-26(35-30(27)39)25-10-7-21(31)18-34-25/h2-12,15,18,22,37H,1,13-14,16-17,19H2,(H2,32,33). The Morgan fingerprint density at radius 3 is 2.52 bits per heavy atom. The van der Waals surface area contributed by atoms with E-state index in [1.807, 2.05) is 34.2 Å². The molecule has 0 amide bonds. The summed E-state index contributed by atoms with van der Waals surface area (Å²) >= 11 is 1.57. The number of nitrogen functional groups attached to an aromatic ring is 1. The summed E-state index contributed by atoms with van der Waals surface area (Å²) in [4.78, 5) is 20.8. The molecule has 0 unspecified atom stereocenters. The molecule has 5 aromatic rings. The average molecular weight is 553 g/mol. The number of nitrogens with one attached hydrogen (secondary N) is 1. The second-order valence-corrected chi connectivity index (χ2v) is 10.5. The fourth-order valence-electron chi connectivity index (χ4n) is 5.02. The third-order valence-corrected chi connectivity index (χ3v) is 7.72. The SMILES string of the molecule is C=CSNC1CCN(Cc2ccc(-n3c(-c4cccnc4N)nc4ccc(-c5ccc(F)cn5)nc43)cc2)CC1. The fourth-order valence-corrected chi connectivity index (χ4v) is 5.55. The van der Waals surface area contributed by atoms with Crippen molar-refractivity contribution in [2.45, 2.75) is 25.4 Å². The molecule has 1 aliphatic rings. The zero-order valence-corrected chi connectivity index (χ0v) is 22.7. The minimum absolute atomic E-state index is 0.389. The van der Waals surface area contributed by atoms with Gasteiger partial charge in [-0.15, -0.1) is 0 Å². The third-order valence-electron chi connectivity index (χ3n) is 7.08. The van der Waals surface area contributed by atoms with Gasteiger partial charge in [-0.3, -0.25) is 19.2 Å². The van der Waals surface area contributed by atoms with Crippen LogP contribution in [0.15, 0.2) is 85.0 Å². The van der Waals surface area contributed by atoms with E-state index in [1.165, 1.54) is 17.8 Å². The molecule has 1 fully saturated rings. The molecule has 1 aromatic carbocycles. The highest BCUT2D eigenvalue weighted by Gasteiger charge is 2.21. The number of imidazole rings is 1. The van der Waals surface area contributed by atoms with Gasteiger partial charge in [0, 0.05) is 24.5 Å². The number of benzene rings is 1. The third kappa shape index (κ3) is 5.46. The predicted molar refractivity (Wildman–Crippen MR) is 159 cm³/mol. The number of aromatic nitrogens is 5. The molecule has 6 rings (SSSR count). The van der Waals surface area contributed by atoms with Crippen molar-refractivity contribution in [3.05, 3.63) is 96.4 Å². The highest BCUT2D eigenvalue weighted by molar-refractivity contribution is 8.00. The number of nitrogens with two attached hydrogens (primary N) is 1. The normalized spacial score (nSPS) is 14.5. The molecule has 0 atom stereocenters. The largest absolute Gasteiger partial charge is 0.383 e. The first-order chi connectivity index (χ1) is 19.6. The van der Waals surface area contributed by atoms with Crippen molar-refractivity contribution in [2.24, 2.45) is 0 Å². The van der Waals surface area contributed by atoms with Crippen LogP contribution in [0.2, 0.25) is 0 Å². The molecule has 202 valence electrons. The lowest BCUT2D eigenvalue weighted by molar-refractivity contribution is 0.201. The van der Waals surface area contributed by atoms with Gasteiger partial charge in [0.2, 0.25) is 0 Å². The number of halogens is 1. The van der Waals surface area contributed by atoms with Crippen LogP contribution in [0.4, 0.5) is 10.2 Å². The Labute approximate surface area is 236 Å². The first kappa shape index (κ1) is 26.1. The molecule has 5 heterocycles. The van der Waals surface area contributed by atoms with Gasteiger partial charge in [-0.1, -0.05) is 30.7 Å². The van der Waals surface area contributed by atoms with E-state index in [2.05, 4.69) is 50.4 Å². The van der Waals surface area contributed by atoms with Gasteiger partial charge in [0.15, 0.2) is 11.5 Å². The van der Waals surface area contributed by atoms with Crippen molar-refractivity contribution in [3.63, 3.8) is 0 Å². The van der Waals surface area contributed by atoms with E-state index in [4.69, 9.17) is 15.7 Å². The summed E-state index contributed by atoms with van der Waals surface area (Å²) in [5.74, 6) is 0.648. The Hall–Kier alpha value is -4.12. The van der Waals surface area contributed by atoms with Crippen LogP contribution in [0.25, 0.3) is 39.6 Å². The Kier molecular flexibility index (Phi) is 7.54. The maximum Gasteiger partial charge on any atom is 0.165 e. The van der Waals surface area contributed by atoms with Crippen LogP contribution >= 0.6 is 11.9 Å². The van der Waals surface area contributed by atoms with Crippen molar-refractivity contribution in [1.29, 1.82) is 0 Å². The van der Waals surface area contributed by atoms with E-state index in [-0.39, 0.29) is 0 Å². The zero-order chi connectivity index (χ0) is 27.5. The lowest BCUT2D eigenvalue weighted by Crippen LogP contribution is -2.39. The van der Waals surface area contributed by atoms with Gasteiger partial charge in [0.05, 0.1) is 23.1 Å². The maximum atomic E-state index is 13.5. The zero-order valence-electron chi connectivity index (χ0n) is 21.9. The number of piperidine rings is 1. The van der Waals surface area contributed by atoms with E-state index >= 15 is 0 Å². The van der Waals surface area contributed by atoms with Gasteiger partial charge in [0.1, 0.15) is 17.2 Å². The molecule has 0 aliphatic carbocycles. The van der Waals surface area contributed by atoms with Crippen LogP contribution in [0, 0.1) is 5.82 Å². The van der Waals surface area contributed by atoms with Crippen LogP contribution in [0.1, 0.15) is 18.4 Å². The van der Waals surface area contributed by atoms with Crippen molar-refractivity contribution >= 4 is 28.9 Å². The number of nitrogens with zero attached hydrogens (tertiary/aromatic N) is 6. The Morgan fingerprint density at radius 1 is 1.00 bits per heavy atom. The van der Waals surface area contributed by atoms with Gasteiger partial charge in [-0.25, -0.2) is 19.3 Å². The number of likely N-dealkylation sites (tertiary alicyclic amines) is 1. The van der Waals surface area contributed by atoms with Crippen molar-refractivity contribution in [1.82, 2.24) is 34.1 Å². The second kappa shape index (κ2) is 11.5. The fraction of sp³-hybridized carbons (Fsp3) is 0.200. The summed E-state index contributed by atoms with van der Waals surface area (Å²) in [6.45, 7) is 6.76. The molecule has 3 N–H and O–H groups in total. The van der Waals surface area contributed by atoms with Gasteiger partial charge < -0.3 is 5.73 Å². The van der Waals surface area contributed by atoms with Crippen molar-refractivity contribution in [3.8, 4) is 28.5 Å². The average Bonchev–Trinajstić information content (AvgIpc) is 3.36. The molecule has 0 saturated carbocycles. The van der Waals surface area contributed by atoms with Gasteiger partial charge in [-0.2, -0.15) is 0 Å². The van der Waals surface area contributed by atoms with Crippen LogP contribution < -0.4 is 10.5 Å². The Bertz CT molecular complexity index is 1630. The molecule has 1 saturated heterocycles. The minimum atomic E-state index is -0.392. The highest BCUT2D eigenvalue weighted by atomic mass is 32.2. The van der Waals surface area contributed by atoms with Crippen LogP contribution in [-0.4, -0.2) is 48.5 Å². The van der Waals surface area contributed by atoms with Crippen molar-refractivity contribution in [2.75, 3.05) is 18.8 Å². The first-order valence-electron chi connectivity index (χ1n) is 13.1. The topological polar surface area (TPSA) is 97.8 Å². The van der Waals surface area contributed by atoms with Gasteiger partial charge in [0.25, 0.3) is 0 Å². The van der Waals surface area contributed by atoms with E-state index in [0.29, 0.717) is 40.2 Å². The number of pyridine rings is 3. The molecule has 8 nitrogen and oxygen atoms in total. The van der Waals surface area contributed by atoms with E-state index in [0.717, 1.165) is 43.7 Å². The molecule has 10 heteroatoms. The lowest BCUT2D eigenvalue weighted by atomic mass is 10.1. The molecule has 1 aliphatic heterocycles. The monoisotopic (exact) mass is 552 g/mol. The maximum absolute atomic E-state index is 13.5. The number of anilines is 1. The minimum Gasteiger partial charge on any atom is -0.383 e. The molecule has 40 heavy (non-hydrogen) atoms. The van der Waals surface area contributed by atoms with E-state index in [9.17, 15) is 4.39 Å². The summed E-state index contributed by atoms with van der Waals surface area (Å²) < 4.78 is 18.9. The van der Waals surface area contributed by atoms with E-state index in [1.54, 1.807) is 24.2 Å². The van der Waals surface area contributed by atoms with Crippen molar-refractivity contribution < 1.29 is 4.39 Å². The van der Waals surface area contributed by atoms with Crippen LogP contribution in [-0.2, 0) is 6.54 Å². The summed E-state index contributed by atoms with van der Waals surface area (Å²) in [6.07, 6.45) is 5.09. The quantitative estimate of drug-likeness (QED) is 0.240. The predicted octanol–water partition coefficient (Wildman–Crippen LogP) is 5.61. The first-order valence-corrected chi connectivity index (χ1v) is 14.0. The number of hydrogen-bond acceptors (Lipinski definition) is 8. The molecular weight excluding hydrogens is 523 g/mol. The number of rotatable bonds is 8. The summed E-state index contributed by atoms with van der Waals surface area (Å²) in [5.41, 5.74) is 11.7.